The van der Waals surface area contributed by atoms with E-state index in [1.807, 2.05) is 0 Å². The number of H-pyrrole nitrogens is 1. The lowest BCUT2D eigenvalue weighted by Crippen LogP contribution is -2.35. The second-order valence-corrected chi connectivity index (χ2v) is 10.9. The van der Waals surface area contributed by atoms with E-state index in [0.29, 0.717) is 34.7 Å². The number of nitrogens with zero attached hydrogens (tertiary/aromatic N) is 5. The average molecular weight is 484 g/mol. The van der Waals surface area contributed by atoms with E-state index >= 15 is 0 Å². The summed E-state index contributed by atoms with van der Waals surface area (Å²) < 4.78 is 23.3. The molecule has 0 spiro atoms. The molecule has 0 bridgehead atoms. The van der Waals surface area contributed by atoms with Crippen LogP contribution in [-0.2, 0) is 9.84 Å². The predicted molar refractivity (Wildman–Crippen MR) is 130 cm³/mol. The Balaban J connectivity index is 1.53. The number of nitrogens with one attached hydrogen (secondary N) is 2. The normalized spacial score (nSPS) is 15.0. The molecule has 10 nitrogen and oxygen atoms in total. The van der Waals surface area contributed by atoms with Crippen molar-refractivity contribution in [1.82, 2.24) is 25.1 Å². The lowest BCUT2D eigenvalue weighted by Gasteiger charge is -2.33. The highest BCUT2D eigenvalue weighted by Gasteiger charge is 2.27. The molecule has 0 radical (unpaired) electrons. The number of ketones is 1. The highest BCUT2D eigenvalue weighted by Crippen LogP contribution is 2.33. The van der Waals surface area contributed by atoms with E-state index in [4.69, 9.17) is 0 Å². The first kappa shape index (κ1) is 23.8. The van der Waals surface area contributed by atoms with Crippen molar-refractivity contribution in [3.05, 3.63) is 47.7 Å². The Hall–Kier alpha value is -3.34. The third kappa shape index (κ3) is 5.09. The van der Waals surface area contributed by atoms with E-state index in [9.17, 15) is 13.2 Å². The molecular weight excluding hydrogens is 454 g/mol. The molecule has 4 rings (SSSR count). The van der Waals surface area contributed by atoms with Gasteiger partial charge < -0.3 is 10.2 Å². The van der Waals surface area contributed by atoms with Gasteiger partial charge in [-0.1, -0.05) is 13.8 Å². The molecule has 0 unspecified atom stereocenters. The molecule has 3 aromatic heterocycles. The van der Waals surface area contributed by atoms with E-state index in [1.54, 1.807) is 6.07 Å². The van der Waals surface area contributed by atoms with E-state index in [-0.39, 0.29) is 10.8 Å². The minimum Gasteiger partial charge on any atom is -0.356 e. The predicted octanol–water partition coefficient (Wildman–Crippen LogP) is 3.45. The molecule has 0 saturated carbocycles. The number of carbonyl (C=O) groups excluding carboxylic acids is 1. The van der Waals surface area contributed by atoms with Crippen LogP contribution in [-0.4, -0.2) is 58.7 Å². The van der Waals surface area contributed by atoms with Crippen LogP contribution in [0.1, 0.15) is 67.2 Å². The van der Waals surface area contributed by atoms with Gasteiger partial charge in [-0.3, -0.25) is 9.89 Å². The molecule has 0 aromatic carbocycles. The number of aromatic nitrogens is 5. The van der Waals surface area contributed by atoms with Crippen molar-refractivity contribution in [1.29, 1.82) is 0 Å². The summed E-state index contributed by atoms with van der Waals surface area (Å²) in [5, 5.41) is 10.7. The number of anilines is 3. The van der Waals surface area contributed by atoms with Gasteiger partial charge >= 0.3 is 0 Å². The number of pyridine rings is 1. The van der Waals surface area contributed by atoms with Crippen LogP contribution in [0.15, 0.2) is 35.7 Å². The number of hydrogen-bond donors (Lipinski definition) is 2. The third-order valence-electron chi connectivity index (χ3n) is 6.00. The molecule has 180 valence electrons. The smallest absolute Gasteiger partial charge is 0.192 e. The van der Waals surface area contributed by atoms with Gasteiger partial charge in [-0.25, -0.2) is 23.4 Å². The number of aromatic amines is 1. The summed E-state index contributed by atoms with van der Waals surface area (Å²) in [5.41, 5.74) is 3.15. The van der Waals surface area contributed by atoms with Crippen LogP contribution < -0.4 is 10.2 Å². The van der Waals surface area contributed by atoms with Crippen LogP contribution in [0.25, 0.3) is 0 Å². The summed E-state index contributed by atoms with van der Waals surface area (Å²) in [5.74, 6) is 1.57. The van der Waals surface area contributed by atoms with Crippen molar-refractivity contribution >= 4 is 32.9 Å². The van der Waals surface area contributed by atoms with Crippen LogP contribution in [0.3, 0.4) is 0 Å². The number of rotatable bonds is 7. The first-order chi connectivity index (χ1) is 16.1. The molecule has 1 fully saturated rings. The first-order valence-corrected chi connectivity index (χ1v) is 13.1. The molecule has 4 heterocycles. The standard InChI is InChI=1S/C23H29N7O3S/c1-14(2)18-11-19(29-28-18)16-7-9-30(10-8-16)23-21(15(3)31)22(25-13-26-23)27-17-5-6-20(24-12-17)34(4,32)33/h5-6,11-14,16H,7-10H2,1-4H3,(H,28,29)(H,25,26,27). The van der Waals surface area contributed by atoms with E-state index in [1.165, 1.54) is 25.5 Å². The fraction of sp³-hybridized carbons (Fsp3) is 0.435. The Morgan fingerprint density at radius 1 is 1.18 bits per heavy atom. The van der Waals surface area contributed by atoms with Gasteiger partial charge in [0.05, 0.1) is 17.6 Å². The molecule has 34 heavy (non-hydrogen) atoms. The highest BCUT2D eigenvalue weighted by atomic mass is 32.2. The fourth-order valence-electron chi connectivity index (χ4n) is 4.11. The zero-order chi connectivity index (χ0) is 24.5. The van der Waals surface area contributed by atoms with Gasteiger partial charge in [-0.15, -0.1) is 0 Å². The quantitative estimate of drug-likeness (QED) is 0.485. The molecule has 0 amide bonds. The van der Waals surface area contributed by atoms with Gasteiger partial charge in [0.25, 0.3) is 0 Å². The van der Waals surface area contributed by atoms with Gasteiger partial charge in [0.2, 0.25) is 0 Å². The van der Waals surface area contributed by atoms with Crippen LogP contribution in [0.2, 0.25) is 0 Å². The van der Waals surface area contributed by atoms with E-state index in [0.717, 1.165) is 43.6 Å². The van der Waals surface area contributed by atoms with Crippen LogP contribution in [0, 0.1) is 0 Å². The lowest BCUT2D eigenvalue weighted by atomic mass is 9.92. The van der Waals surface area contributed by atoms with Gasteiger partial charge in [-0.2, -0.15) is 5.10 Å². The van der Waals surface area contributed by atoms with Crippen molar-refractivity contribution in [3.63, 3.8) is 0 Å². The Morgan fingerprint density at radius 3 is 2.47 bits per heavy atom. The highest BCUT2D eigenvalue weighted by molar-refractivity contribution is 7.90. The minimum atomic E-state index is -3.39. The fourth-order valence-corrected chi connectivity index (χ4v) is 4.66. The van der Waals surface area contributed by atoms with Gasteiger partial charge in [0.1, 0.15) is 23.5 Å². The average Bonchev–Trinajstić information content (AvgIpc) is 3.29. The van der Waals surface area contributed by atoms with Crippen LogP contribution in [0.5, 0.6) is 0 Å². The third-order valence-corrected chi connectivity index (χ3v) is 7.00. The van der Waals surface area contributed by atoms with Crippen LogP contribution >= 0.6 is 0 Å². The monoisotopic (exact) mass is 483 g/mol. The molecule has 3 aromatic rings. The van der Waals surface area contributed by atoms with Crippen LogP contribution in [0.4, 0.5) is 17.3 Å². The van der Waals surface area contributed by atoms with Crippen molar-refractivity contribution in [2.75, 3.05) is 29.6 Å². The zero-order valence-corrected chi connectivity index (χ0v) is 20.6. The van der Waals surface area contributed by atoms with Crippen molar-refractivity contribution in [3.8, 4) is 0 Å². The molecular formula is C23H29N7O3S. The second-order valence-electron chi connectivity index (χ2n) is 8.92. The summed E-state index contributed by atoms with van der Waals surface area (Å²) in [6.07, 6.45) is 5.77. The maximum atomic E-state index is 12.6. The number of carbonyl (C=O) groups is 1. The van der Waals surface area contributed by atoms with E-state index < -0.39 is 9.84 Å². The number of Topliss-reactive ketones (excluding diaryl/α,β-unsaturated/α-hetero) is 1. The van der Waals surface area contributed by atoms with Gasteiger partial charge in [0, 0.05) is 31.0 Å². The summed E-state index contributed by atoms with van der Waals surface area (Å²) in [6.45, 7) is 7.25. The Bertz CT molecular complexity index is 1280. The topological polar surface area (TPSA) is 134 Å². The number of piperidine rings is 1. The minimum absolute atomic E-state index is 0.0196. The maximum absolute atomic E-state index is 12.6. The maximum Gasteiger partial charge on any atom is 0.192 e. The van der Waals surface area contributed by atoms with Gasteiger partial charge in [-0.05, 0) is 43.9 Å². The van der Waals surface area contributed by atoms with Crippen molar-refractivity contribution in [2.24, 2.45) is 0 Å². The largest absolute Gasteiger partial charge is 0.356 e. The molecule has 1 aliphatic rings. The molecule has 1 saturated heterocycles. The summed E-state index contributed by atoms with van der Waals surface area (Å²) in [4.78, 5) is 27.4. The van der Waals surface area contributed by atoms with Crippen molar-refractivity contribution in [2.45, 2.75) is 50.5 Å². The summed E-state index contributed by atoms with van der Waals surface area (Å²) in [6, 6.07) is 5.16. The summed E-state index contributed by atoms with van der Waals surface area (Å²) in [7, 11) is -3.39. The number of hydrogen-bond acceptors (Lipinski definition) is 9. The van der Waals surface area contributed by atoms with Gasteiger partial charge in [0.15, 0.2) is 20.6 Å². The Kier molecular flexibility index (Phi) is 6.65. The molecule has 1 aliphatic heterocycles. The molecule has 0 aliphatic carbocycles. The molecule has 11 heteroatoms. The van der Waals surface area contributed by atoms with E-state index in [2.05, 4.69) is 55.3 Å². The lowest BCUT2D eigenvalue weighted by molar-refractivity contribution is 0.101. The summed E-state index contributed by atoms with van der Waals surface area (Å²) >= 11 is 0. The molecule has 0 atom stereocenters. The Labute approximate surface area is 199 Å². The number of sulfone groups is 1. The SMILES string of the molecule is CC(=O)c1c(Nc2ccc(S(C)(=O)=O)nc2)ncnc1N1CCC(c2cc(C(C)C)n[nH]2)CC1. The second kappa shape index (κ2) is 9.49. The van der Waals surface area contributed by atoms with Crippen molar-refractivity contribution < 1.29 is 13.2 Å². The Morgan fingerprint density at radius 2 is 1.91 bits per heavy atom. The molecule has 2 N–H and O–H groups in total. The zero-order valence-electron chi connectivity index (χ0n) is 19.7. The first-order valence-electron chi connectivity index (χ1n) is 11.2.